The molecule has 1 atom stereocenters. The first-order valence-corrected chi connectivity index (χ1v) is 13.2. The summed E-state index contributed by atoms with van der Waals surface area (Å²) >= 11 is 7.66. The van der Waals surface area contributed by atoms with Crippen molar-refractivity contribution in [2.24, 2.45) is 0 Å². The lowest BCUT2D eigenvalue weighted by atomic mass is 9.93. The molecular weight excluding hydrogens is 468 g/mol. The summed E-state index contributed by atoms with van der Waals surface area (Å²) in [5, 5.41) is 10.6. The lowest BCUT2D eigenvalue weighted by molar-refractivity contribution is -0.134. The number of benzene rings is 1. The Morgan fingerprint density at radius 2 is 1.91 bits per heavy atom. The summed E-state index contributed by atoms with van der Waals surface area (Å²) in [4.78, 5) is 30.3. The van der Waals surface area contributed by atoms with Gasteiger partial charge >= 0.3 is 0 Å². The second-order valence-electron chi connectivity index (χ2n) is 9.50. The highest BCUT2D eigenvalue weighted by Gasteiger charge is 2.48. The van der Waals surface area contributed by atoms with Gasteiger partial charge in [0.05, 0.1) is 11.4 Å². The molecule has 2 amide bonds. The maximum absolute atomic E-state index is 13.8. The van der Waals surface area contributed by atoms with Crippen molar-refractivity contribution >= 4 is 34.8 Å². The van der Waals surface area contributed by atoms with Gasteiger partial charge in [-0.25, -0.2) is 0 Å². The highest BCUT2D eigenvalue weighted by Crippen LogP contribution is 2.33. The Bertz CT molecular complexity index is 1170. The van der Waals surface area contributed by atoms with Crippen LogP contribution in [0.15, 0.2) is 47.8 Å². The Kier molecular flexibility index (Phi) is 6.49. The molecule has 0 saturated heterocycles. The maximum Gasteiger partial charge on any atom is 0.273 e. The van der Waals surface area contributed by atoms with Crippen LogP contribution in [0.1, 0.15) is 61.5 Å². The quantitative estimate of drug-likeness (QED) is 0.473. The minimum atomic E-state index is -1.06. The number of carbonyl (C=O) groups excluding carboxylic acids is 2. The van der Waals surface area contributed by atoms with E-state index in [1.807, 2.05) is 54.8 Å². The normalized spacial score (nSPS) is 21.2. The van der Waals surface area contributed by atoms with Crippen LogP contribution in [0.4, 0.5) is 0 Å². The molecule has 0 radical (unpaired) electrons. The van der Waals surface area contributed by atoms with Gasteiger partial charge in [-0.05, 0) is 55.0 Å². The molecule has 178 valence electrons. The molecule has 34 heavy (non-hydrogen) atoms. The average Bonchev–Trinajstić information content (AvgIpc) is 3.43. The van der Waals surface area contributed by atoms with Crippen LogP contribution in [0.5, 0.6) is 0 Å². The molecule has 1 N–H and O–H groups in total. The molecule has 3 heterocycles. The standard InChI is InChI=1S/C26H29ClN4O2S/c1-26(25(33)28-20-7-4-2-3-5-8-20)17-31-22(15-21(29-31)23-9-6-14-34-23)24(32)30(26)16-18-10-12-19(27)13-11-18/h6,9-15,20H,2-5,7-8,16-17H2,1H3,(H,28,33)/t26-/m1/s1. The second kappa shape index (κ2) is 9.55. The third-order valence-electron chi connectivity index (χ3n) is 7.00. The van der Waals surface area contributed by atoms with Crippen molar-refractivity contribution in [3.05, 3.63) is 64.1 Å². The number of fused-ring (bicyclic) bond motifs is 1. The van der Waals surface area contributed by atoms with Crippen molar-refractivity contribution in [2.45, 2.75) is 70.1 Å². The van der Waals surface area contributed by atoms with Crippen LogP contribution in [0.25, 0.3) is 10.6 Å². The lowest BCUT2D eigenvalue weighted by Gasteiger charge is -2.44. The van der Waals surface area contributed by atoms with Gasteiger partial charge in [0.15, 0.2) is 0 Å². The molecular formula is C26H29ClN4O2S. The van der Waals surface area contributed by atoms with Gasteiger partial charge in [-0.1, -0.05) is 55.5 Å². The highest BCUT2D eigenvalue weighted by molar-refractivity contribution is 7.13. The van der Waals surface area contributed by atoms with E-state index in [0.717, 1.165) is 41.8 Å². The van der Waals surface area contributed by atoms with Crippen LogP contribution in [0.2, 0.25) is 5.02 Å². The minimum absolute atomic E-state index is 0.111. The molecule has 1 saturated carbocycles. The van der Waals surface area contributed by atoms with E-state index in [4.69, 9.17) is 16.7 Å². The Morgan fingerprint density at radius 3 is 2.59 bits per heavy atom. The lowest BCUT2D eigenvalue weighted by Crippen LogP contribution is -2.64. The molecule has 8 heteroatoms. The molecule has 3 aromatic rings. The smallest absolute Gasteiger partial charge is 0.273 e. The summed E-state index contributed by atoms with van der Waals surface area (Å²) in [6.45, 7) is 2.50. The van der Waals surface area contributed by atoms with E-state index in [1.54, 1.807) is 20.9 Å². The number of hydrogen-bond acceptors (Lipinski definition) is 4. The zero-order valence-electron chi connectivity index (χ0n) is 19.3. The molecule has 0 spiro atoms. The number of nitrogens with one attached hydrogen (secondary N) is 1. The van der Waals surface area contributed by atoms with Gasteiger partial charge in [0.1, 0.15) is 16.9 Å². The maximum atomic E-state index is 13.8. The number of thiophene rings is 1. The summed E-state index contributed by atoms with van der Waals surface area (Å²) in [5.74, 6) is -0.296. The summed E-state index contributed by atoms with van der Waals surface area (Å²) in [7, 11) is 0. The number of hydrogen-bond donors (Lipinski definition) is 1. The zero-order valence-corrected chi connectivity index (χ0v) is 20.9. The van der Waals surface area contributed by atoms with Crippen molar-refractivity contribution in [1.29, 1.82) is 0 Å². The van der Waals surface area contributed by atoms with E-state index in [0.29, 0.717) is 23.8 Å². The second-order valence-corrected chi connectivity index (χ2v) is 10.9. The number of nitrogens with zero attached hydrogens (tertiary/aromatic N) is 3. The zero-order chi connectivity index (χ0) is 23.7. The van der Waals surface area contributed by atoms with Crippen LogP contribution < -0.4 is 5.32 Å². The number of carbonyl (C=O) groups is 2. The Labute approximate surface area is 208 Å². The van der Waals surface area contributed by atoms with Gasteiger partial charge in [0.2, 0.25) is 5.91 Å². The fourth-order valence-electron chi connectivity index (χ4n) is 4.97. The summed E-state index contributed by atoms with van der Waals surface area (Å²) in [6.07, 6.45) is 6.66. The minimum Gasteiger partial charge on any atom is -0.351 e. The van der Waals surface area contributed by atoms with E-state index < -0.39 is 5.54 Å². The van der Waals surface area contributed by atoms with E-state index in [2.05, 4.69) is 5.32 Å². The summed E-state index contributed by atoms with van der Waals surface area (Å²) in [6, 6.07) is 13.4. The number of amides is 2. The number of rotatable bonds is 5. The number of aromatic nitrogens is 2. The van der Waals surface area contributed by atoms with E-state index >= 15 is 0 Å². The van der Waals surface area contributed by atoms with Crippen molar-refractivity contribution in [2.75, 3.05) is 0 Å². The highest BCUT2D eigenvalue weighted by atomic mass is 35.5. The molecule has 2 aliphatic rings. The molecule has 5 rings (SSSR count). The molecule has 1 aliphatic carbocycles. The van der Waals surface area contributed by atoms with Gasteiger partial charge < -0.3 is 10.2 Å². The fourth-order valence-corrected chi connectivity index (χ4v) is 5.78. The fraction of sp³-hybridized carbons (Fsp3) is 0.423. The third-order valence-corrected chi connectivity index (χ3v) is 8.15. The Morgan fingerprint density at radius 1 is 1.18 bits per heavy atom. The van der Waals surface area contributed by atoms with E-state index in [1.165, 1.54) is 12.8 Å². The van der Waals surface area contributed by atoms with E-state index in [9.17, 15) is 9.59 Å². The molecule has 0 unspecified atom stereocenters. The van der Waals surface area contributed by atoms with Crippen LogP contribution >= 0.6 is 22.9 Å². The SMILES string of the molecule is C[C@]1(C(=O)NC2CCCCCC2)Cn2nc(-c3cccs3)cc2C(=O)N1Cc1ccc(Cl)cc1. The van der Waals surface area contributed by atoms with Crippen LogP contribution in [0.3, 0.4) is 0 Å². The molecule has 0 bridgehead atoms. The van der Waals surface area contributed by atoms with Crippen LogP contribution in [-0.4, -0.2) is 38.1 Å². The van der Waals surface area contributed by atoms with Gasteiger partial charge in [-0.2, -0.15) is 5.10 Å². The Hall–Kier alpha value is -2.64. The predicted molar refractivity (Wildman–Crippen MR) is 135 cm³/mol. The first-order valence-electron chi connectivity index (χ1n) is 11.9. The van der Waals surface area contributed by atoms with Crippen LogP contribution in [0, 0.1) is 0 Å². The summed E-state index contributed by atoms with van der Waals surface area (Å²) in [5.41, 5.74) is 1.14. The molecule has 1 aliphatic heterocycles. The van der Waals surface area contributed by atoms with Crippen molar-refractivity contribution < 1.29 is 9.59 Å². The first-order chi connectivity index (χ1) is 16.4. The van der Waals surface area contributed by atoms with Gasteiger partial charge in [-0.15, -0.1) is 11.3 Å². The Balaban J connectivity index is 1.49. The van der Waals surface area contributed by atoms with Crippen LogP contribution in [-0.2, 0) is 17.9 Å². The van der Waals surface area contributed by atoms with Gasteiger partial charge in [0.25, 0.3) is 5.91 Å². The molecule has 2 aromatic heterocycles. The van der Waals surface area contributed by atoms with Crippen molar-refractivity contribution in [3.8, 4) is 10.6 Å². The number of halogens is 1. The van der Waals surface area contributed by atoms with Crippen molar-refractivity contribution in [3.63, 3.8) is 0 Å². The first kappa shape index (κ1) is 23.1. The monoisotopic (exact) mass is 496 g/mol. The molecule has 6 nitrogen and oxygen atoms in total. The third kappa shape index (κ3) is 4.51. The van der Waals surface area contributed by atoms with Crippen molar-refractivity contribution in [1.82, 2.24) is 20.0 Å². The van der Waals surface area contributed by atoms with Gasteiger partial charge in [-0.3, -0.25) is 14.3 Å². The van der Waals surface area contributed by atoms with Gasteiger partial charge in [0, 0.05) is 17.6 Å². The predicted octanol–water partition coefficient (Wildman–Crippen LogP) is 5.52. The average molecular weight is 497 g/mol. The van der Waals surface area contributed by atoms with E-state index in [-0.39, 0.29) is 17.9 Å². The topological polar surface area (TPSA) is 67.2 Å². The summed E-state index contributed by atoms with van der Waals surface area (Å²) < 4.78 is 1.71. The molecule has 1 fully saturated rings. The largest absolute Gasteiger partial charge is 0.351 e. The molecule has 1 aromatic carbocycles.